The number of ether oxygens (including phenoxy) is 1. The third kappa shape index (κ3) is 3.65. The Morgan fingerprint density at radius 3 is 2.61 bits per heavy atom. The number of aliphatic hydroxyl groups is 2. The fourth-order valence-corrected chi connectivity index (χ4v) is 1.67. The molecule has 1 rings (SSSR count). The maximum absolute atomic E-state index is 11.0. The molecule has 0 aromatic heterocycles. The number of hydrogen-bond donors (Lipinski definition) is 2. The number of benzene rings is 1. The summed E-state index contributed by atoms with van der Waals surface area (Å²) in [4.78, 5) is 21.7. The summed E-state index contributed by atoms with van der Waals surface area (Å²) >= 11 is 0. The predicted molar refractivity (Wildman–Crippen MR) is 64.2 cm³/mol. The molecule has 2 N–H and O–H groups in total. The number of hydrogen-bond acceptors (Lipinski definition) is 5. The van der Waals surface area contributed by atoms with Crippen LogP contribution < -0.4 is 0 Å². The Morgan fingerprint density at radius 2 is 2.06 bits per heavy atom. The molecule has 0 saturated heterocycles. The molecule has 0 amide bonds. The van der Waals surface area contributed by atoms with Crippen LogP contribution in [0.1, 0.15) is 34.0 Å². The lowest BCUT2D eigenvalue weighted by Gasteiger charge is -2.18. The zero-order chi connectivity index (χ0) is 13.7. The third-order valence-corrected chi connectivity index (χ3v) is 2.57. The van der Waals surface area contributed by atoms with Gasteiger partial charge in [0.15, 0.2) is 0 Å². The fraction of sp³-hybridized carbons (Fsp3) is 0.385. The van der Waals surface area contributed by atoms with Crippen molar-refractivity contribution in [3.63, 3.8) is 0 Å². The van der Waals surface area contributed by atoms with Gasteiger partial charge in [-0.2, -0.15) is 0 Å². The fourth-order valence-electron chi connectivity index (χ4n) is 1.67. The minimum Gasteiger partial charge on any atom is -0.469 e. The van der Waals surface area contributed by atoms with E-state index in [2.05, 4.69) is 4.74 Å². The Labute approximate surface area is 105 Å². The van der Waals surface area contributed by atoms with Gasteiger partial charge in [0, 0.05) is 5.56 Å². The van der Waals surface area contributed by atoms with Crippen LogP contribution in [0.15, 0.2) is 18.2 Å². The van der Waals surface area contributed by atoms with Gasteiger partial charge in [-0.3, -0.25) is 9.59 Å². The van der Waals surface area contributed by atoms with Crippen molar-refractivity contribution < 1.29 is 24.5 Å². The Bertz CT molecular complexity index is 441. The lowest BCUT2D eigenvalue weighted by Crippen LogP contribution is -2.22. The maximum atomic E-state index is 11.0. The van der Waals surface area contributed by atoms with Crippen molar-refractivity contribution in [3.05, 3.63) is 34.9 Å². The molecular weight excluding hydrogens is 236 g/mol. The molecule has 2 atom stereocenters. The van der Waals surface area contributed by atoms with E-state index in [4.69, 9.17) is 0 Å². The average Bonchev–Trinajstić information content (AvgIpc) is 2.36. The van der Waals surface area contributed by atoms with Crippen molar-refractivity contribution in [1.29, 1.82) is 0 Å². The molecule has 1 aromatic carbocycles. The summed E-state index contributed by atoms with van der Waals surface area (Å²) in [6, 6.07) is 4.79. The van der Waals surface area contributed by atoms with Crippen molar-refractivity contribution in [2.75, 3.05) is 7.11 Å². The SMILES string of the molecule is COC(=O)CC(O)C(O)c1cc(C)cc(C=O)c1. The van der Waals surface area contributed by atoms with Gasteiger partial charge in [0.25, 0.3) is 0 Å². The van der Waals surface area contributed by atoms with Crippen LogP contribution in [0, 0.1) is 6.92 Å². The molecule has 0 aliphatic carbocycles. The van der Waals surface area contributed by atoms with Gasteiger partial charge in [0.1, 0.15) is 12.4 Å². The topological polar surface area (TPSA) is 83.8 Å². The highest BCUT2D eigenvalue weighted by atomic mass is 16.5. The third-order valence-electron chi connectivity index (χ3n) is 2.57. The molecule has 0 fully saturated rings. The van der Waals surface area contributed by atoms with Crippen LogP contribution in [-0.4, -0.2) is 35.7 Å². The molecule has 5 heteroatoms. The smallest absolute Gasteiger partial charge is 0.308 e. The number of carbonyl (C=O) groups is 2. The minimum atomic E-state index is -1.27. The molecule has 5 nitrogen and oxygen atoms in total. The highest BCUT2D eigenvalue weighted by Gasteiger charge is 2.22. The van der Waals surface area contributed by atoms with Gasteiger partial charge >= 0.3 is 5.97 Å². The summed E-state index contributed by atoms with van der Waals surface area (Å²) in [6.07, 6.45) is -2.14. The molecule has 0 heterocycles. The van der Waals surface area contributed by atoms with Crippen molar-refractivity contribution in [2.24, 2.45) is 0 Å². The van der Waals surface area contributed by atoms with Gasteiger partial charge in [-0.25, -0.2) is 0 Å². The van der Waals surface area contributed by atoms with E-state index >= 15 is 0 Å². The highest BCUT2D eigenvalue weighted by Crippen LogP contribution is 2.21. The van der Waals surface area contributed by atoms with E-state index in [1.165, 1.54) is 13.2 Å². The van der Waals surface area contributed by atoms with Crippen molar-refractivity contribution in [2.45, 2.75) is 25.6 Å². The van der Waals surface area contributed by atoms with Crippen molar-refractivity contribution >= 4 is 12.3 Å². The van der Waals surface area contributed by atoms with E-state index < -0.39 is 18.2 Å². The predicted octanol–water partition coefficient (Wildman–Crippen LogP) is 0.765. The zero-order valence-corrected chi connectivity index (χ0v) is 10.3. The normalized spacial score (nSPS) is 13.8. The largest absolute Gasteiger partial charge is 0.469 e. The highest BCUT2D eigenvalue weighted by molar-refractivity contribution is 5.75. The second-order valence-corrected chi connectivity index (χ2v) is 4.09. The summed E-state index contributed by atoms with van der Waals surface area (Å²) in [5.74, 6) is -0.607. The van der Waals surface area contributed by atoms with E-state index in [1.54, 1.807) is 19.1 Å². The molecule has 0 saturated carbocycles. The lowest BCUT2D eigenvalue weighted by molar-refractivity contribution is -0.144. The molecular formula is C13H16O5. The first kappa shape index (κ1) is 14.3. The number of esters is 1. The second-order valence-electron chi connectivity index (χ2n) is 4.09. The first-order chi connectivity index (χ1) is 8.47. The summed E-state index contributed by atoms with van der Waals surface area (Å²) in [5, 5.41) is 19.6. The van der Waals surface area contributed by atoms with E-state index in [0.29, 0.717) is 17.4 Å². The molecule has 98 valence electrons. The zero-order valence-electron chi connectivity index (χ0n) is 10.3. The van der Waals surface area contributed by atoms with Crippen LogP contribution in [0.25, 0.3) is 0 Å². The van der Waals surface area contributed by atoms with Crippen LogP contribution >= 0.6 is 0 Å². The monoisotopic (exact) mass is 252 g/mol. The Kier molecular flexibility index (Phi) is 5.00. The van der Waals surface area contributed by atoms with Gasteiger partial charge in [0.2, 0.25) is 0 Å². The first-order valence-electron chi connectivity index (χ1n) is 5.47. The summed E-state index contributed by atoms with van der Waals surface area (Å²) in [6.45, 7) is 1.77. The molecule has 1 aromatic rings. The molecule has 0 aliphatic heterocycles. The number of aryl methyl sites for hydroxylation is 1. The average molecular weight is 252 g/mol. The molecule has 0 spiro atoms. The number of aldehydes is 1. The molecule has 18 heavy (non-hydrogen) atoms. The maximum Gasteiger partial charge on any atom is 0.308 e. The van der Waals surface area contributed by atoms with E-state index in [1.807, 2.05) is 0 Å². The van der Waals surface area contributed by atoms with Crippen LogP contribution in [-0.2, 0) is 9.53 Å². The summed E-state index contributed by atoms with van der Waals surface area (Å²) in [5.41, 5.74) is 1.60. The van der Waals surface area contributed by atoms with E-state index in [9.17, 15) is 19.8 Å². The van der Waals surface area contributed by atoms with Crippen molar-refractivity contribution in [3.8, 4) is 0 Å². The minimum absolute atomic E-state index is 0.304. The van der Waals surface area contributed by atoms with Gasteiger partial charge in [0.05, 0.1) is 19.6 Å². The first-order valence-corrected chi connectivity index (χ1v) is 5.47. The number of carbonyl (C=O) groups excluding carboxylic acids is 2. The number of rotatable bonds is 5. The van der Waals surface area contributed by atoms with Gasteiger partial charge < -0.3 is 14.9 Å². The van der Waals surface area contributed by atoms with Crippen molar-refractivity contribution in [1.82, 2.24) is 0 Å². The van der Waals surface area contributed by atoms with Crippen LogP contribution in [0.4, 0.5) is 0 Å². The quantitative estimate of drug-likeness (QED) is 0.597. The van der Waals surface area contributed by atoms with Gasteiger partial charge in [-0.15, -0.1) is 0 Å². The lowest BCUT2D eigenvalue weighted by atomic mass is 9.98. The summed E-state index contributed by atoms with van der Waals surface area (Å²) in [7, 11) is 1.21. The Hall–Kier alpha value is -1.72. The molecule has 0 radical (unpaired) electrons. The van der Waals surface area contributed by atoms with Crippen LogP contribution in [0.3, 0.4) is 0 Å². The van der Waals surface area contributed by atoms with Crippen LogP contribution in [0.5, 0.6) is 0 Å². The Morgan fingerprint density at radius 1 is 1.39 bits per heavy atom. The molecule has 0 bridgehead atoms. The summed E-state index contributed by atoms with van der Waals surface area (Å²) < 4.78 is 4.41. The van der Waals surface area contributed by atoms with E-state index in [0.717, 1.165) is 5.56 Å². The molecule has 0 aliphatic rings. The van der Waals surface area contributed by atoms with Gasteiger partial charge in [-0.1, -0.05) is 11.6 Å². The number of methoxy groups -OCH3 is 1. The molecule has 2 unspecified atom stereocenters. The standard InChI is InChI=1S/C13H16O5/c1-8-3-9(7-14)5-10(4-8)13(17)11(15)6-12(16)18-2/h3-5,7,11,13,15,17H,6H2,1-2H3. The van der Waals surface area contributed by atoms with Crippen LogP contribution in [0.2, 0.25) is 0 Å². The van der Waals surface area contributed by atoms with Gasteiger partial charge in [-0.05, 0) is 24.6 Å². The second kappa shape index (κ2) is 6.28. The Balaban J connectivity index is 2.88. The van der Waals surface area contributed by atoms with E-state index in [-0.39, 0.29) is 6.42 Å². The number of aliphatic hydroxyl groups excluding tert-OH is 2.